The van der Waals surface area contributed by atoms with Crippen LogP contribution in [0.15, 0.2) is 42.5 Å². The van der Waals surface area contributed by atoms with Gasteiger partial charge >= 0.3 is 0 Å². The highest BCUT2D eigenvalue weighted by Crippen LogP contribution is 2.24. The van der Waals surface area contributed by atoms with Crippen molar-refractivity contribution >= 4 is 11.6 Å². The third-order valence-corrected chi connectivity index (χ3v) is 3.31. The molecule has 0 aliphatic rings. The van der Waals surface area contributed by atoms with E-state index in [-0.39, 0.29) is 11.9 Å². The third kappa shape index (κ3) is 3.54. The summed E-state index contributed by atoms with van der Waals surface area (Å²) < 4.78 is 5.32. The summed E-state index contributed by atoms with van der Waals surface area (Å²) in [4.78, 5) is 12.3. The number of hydrogen-bond acceptors (Lipinski definition) is 3. The van der Waals surface area contributed by atoms with Gasteiger partial charge < -0.3 is 15.8 Å². The normalized spacial score (nSPS) is 11.8. The Morgan fingerprint density at radius 3 is 2.62 bits per heavy atom. The van der Waals surface area contributed by atoms with E-state index in [9.17, 15) is 4.79 Å². The number of carbonyl (C=O) groups is 1. The monoisotopic (exact) mass is 284 g/mol. The van der Waals surface area contributed by atoms with Crippen LogP contribution < -0.4 is 15.8 Å². The Hall–Kier alpha value is -2.49. The summed E-state index contributed by atoms with van der Waals surface area (Å²) >= 11 is 0. The van der Waals surface area contributed by atoms with Gasteiger partial charge in [0.15, 0.2) is 0 Å². The Bertz CT molecular complexity index is 633. The number of anilines is 1. The number of ether oxygens (including phenoxy) is 1. The Morgan fingerprint density at radius 1 is 1.24 bits per heavy atom. The molecule has 0 radical (unpaired) electrons. The quantitative estimate of drug-likeness (QED) is 0.848. The van der Waals surface area contributed by atoms with Crippen LogP contribution in [0.1, 0.15) is 34.5 Å². The molecule has 21 heavy (non-hydrogen) atoms. The zero-order valence-electron chi connectivity index (χ0n) is 12.5. The zero-order valence-corrected chi connectivity index (χ0v) is 12.5. The largest absolute Gasteiger partial charge is 0.496 e. The fourth-order valence-electron chi connectivity index (χ4n) is 2.33. The summed E-state index contributed by atoms with van der Waals surface area (Å²) in [7, 11) is 1.62. The van der Waals surface area contributed by atoms with Gasteiger partial charge in [0.05, 0.1) is 13.2 Å². The van der Waals surface area contributed by atoms with Crippen LogP contribution in [0.4, 0.5) is 5.69 Å². The standard InChI is InChI=1S/C17H20N2O2/c1-11-8-13(10-14(18)9-11)17(20)19-12(2)15-6-4-5-7-16(15)21-3/h4-10,12H,18H2,1-3H3,(H,19,20). The molecule has 0 aliphatic carbocycles. The minimum Gasteiger partial charge on any atom is -0.496 e. The minimum absolute atomic E-state index is 0.149. The molecule has 2 aromatic carbocycles. The zero-order chi connectivity index (χ0) is 15.4. The second-order valence-electron chi connectivity index (χ2n) is 5.07. The van der Waals surface area contributed by atoms with E-state index in [2.05, 4.69) is 5.32 Å². The second kappa shape index (κ2) is 6.31. The highest BCUT2D eigenvalue weighted by Gasteiger charge is 2.15. The van der Waals surface area contributed by atoms with E-state index in [1.807, 2.05) is 50.2 Å². The molecule has 1 unspecified atom stereocenters. The van der Waals surface area contributed by atoms with Crippen molar-refractivity contribution in [2.75, 3.05) is 12.8 Å². The molecule has 3 N–H and O–H groups in total. The van der Waals surface area contributed by atoms with Crippen LogP contribution in [-0.2, 0) is 0 Å². The smallest absolute Gasteiger partial charge is 0.251 e. The Morgan fingerprint density at radius 2 is 1.95 bits per heavy atom. The van der Waals surface area contributed by atoms with E-state index in [4.69, 9.17) is 10.5 Å². The maximum absolute atomic E-state index is 12.3. The lowest BCUT2D eigenvalue weighted by atomic mass is 10.1. The molecular weight excluding hydrogens is 264 g/mol. The first-order valence-corrected chi connectivity index (χ1v) is 6.82. The summed E-state index contributed by atoms with van der Waals surface area (Å²) in [5.74, 6) is 0.609. The van der Waals surface area contributed by atoms with Crippen LogP contribution in [0.5, 0.6) is 5.75 Å². The molecule has 2 rings (SSSR count). The molecule has 2 aromatic rings. The number of carbonyl (C=O) groups excluding carboxylic acids is 1. The number of para-hydroxylation sites is 1. The molecule has 110 valence electrons. The first-order valence-electron chi connectivity index (χ1n) is 6.82. The van der Waals surface area contributed by atoms with Gasteiger partial charge in [-0.05, 0) is 43.7 Å². The lowest BCUT2D eigenvalue weighted by Crippen LogP contribution is -2.27. The lowest BCUT2D eigenvalue weighted by molar-refractivity contribution is 0.0939. The van der Waals surface area contributed by atoms with Gasteiger partial charge in [0.1, 0.15) is 5.75 Å². The molecule has 0 saturated carbocycles. The molecule has 0 aliphatic heterocycles. The number of aryl methyl sites for hydroxylation is 1. The van der Waals surface area contributed by atoms with Gasteiger partial charge in [0, 0.05) is 16.8 Å². The van der Waals surface area contributed by atoms with E-state index in [0.29, 0.717) is 11.3 Å². The number of hydrogen-bond donors (Lipinski definition) is 2. The van der Waals surface area contributed by atoms with Crippen molar-refractivity contribution in [3.63, 3.8) is 0 Å². The molecule has 1 atom stereocenters. The predicted molar refractivity (Wildman–Crippen MR) is 84.5 cm³/mol. The van der Waals surface area contributed by atoms with E-state index >= 15 is 0 Å². The van der Waals surface area contributed by atoms with Gasteiger partial charge in [-0.3, -0.25) is 4.79 Å². The number of nitrogens with one attached hydrogen (secondary N) is 1. The van der Waals surface area contributed by atoms with Crippen LogP contribution in [0, 0.1) is 6.92 Å². The van der Waals surface area contributed by atoms with Crippen LogP contribution in [-0.4, -0.2) is 13.0 Å². The van der Waals surface area contributed by atoms with Gasteiger partial charge in [-0.1, -0.05) is 18.2 Å². The number of methoxy groups -OCH3 is 1. The van der Waals surface area contributed by atoms with E-state index < -0.39 is 0 Å². The summed E-state index contributed by atoms with van der Waals surface area (Å²) in [6, 6.07) is 12.8. The fourth-order valence-corrected chi connectivity index (χ4v) is 2.33. The molecule has 0 saturated heterocycles. The first-order chi connectivity index (χ1) is 10.0. The molecule has 0 spiro atoms. The highest BCUT2D eigenvalue weighted by molar-refractivity contribution is 5.95. The molecule has 0 fully saturated rings. The van der Waals surface area contributed by atoms with Gasteiger partial charge in [-0.2, -0.15) is 0 Å². The van der Waals surface area contributed by atoms with Crippen LogP contribution >= 0.6 is 0 Å². The summed E-state index contributed by atoms with van der Waals surface area (Å²) in [5, 5.41) is 2.97. The maximum Gasteiger partial charge on any atom is 0.251 e. The molecule has 0 heterocycles. The van der Waals surface area contributed by atoms with Crippen molar-refractivity contribution in [1.82, 2.24) is 5.32 Å². The topological polar surface area (TPSA) is 64.3 Å². The first kappa shape index (κ1) is 14.9. The number of nitrogen functional groups attached to an aromatic ring is 1. The van der Waals surface area contributed by atoms with Crippen molar-refractivity contribution < 1.29 is 9.53 Å². The number of nitrogens with two attached hydrogens (primary N) is 1. The minimum atomic E-state index is -0.157. The van der Waals surface area contributed by atoms with Gasteiger partial charge in [0.2, 0.25) is 0 Å². The maximum atomic E-state index is 12.3. The average molecular weight is 284 g/mol. The SMILES string of the molecule is COc1ccccc1C(C)NC(=O)c1cc(C)cc(N)c1. The molecule has 4 nitrogen and oxygen atoms in total. The molecule has 1 amide bonds. The summed E-state index contributed by atoms with van der Waals surface area (Å²) in [6.45, 7) is 3.84. The van der Waals surface area contributed by atoms with Gasteiger partial charge in [-0.25, -0.2) is 0 Å². The van der Waals surface area contributed by atoms with Gasteiger partial charge in [-0.15, -0.1) is 0 Å². The molecule has 0 aromatic heterocycles. The van der Waals surface area contributed by atoms with E-state index in [0.717, 1.165) is 16.9 Å². The molecule has 4 heteroatoms. The molecular formula is C17H20N2O2. The fraction of sp³-hybridized carbons (Fsp3) is 0.235. The van der Waals surface area contributed by atoms with Gasteiger partial charge in [0.25, 0.3) is 5.91 Å². The summed E-state index contributed by atoms with van der Waals surface area (Å²) in [5.41, 5.74) is 8.84. The predicted octanol–water partition coefficient (Wildman–Crippen LogP) is 3.08. The van der Waals surface area contributed by atoms with Crippen LogP contribution in [0.2, 0.25) is 0 Å². The number of benzene rings is 2. The van der Waals surface area contributed by atoms with E-state index in [1.165, 1.54) is 0 Å². The van der Waals surface area contributed by atoms with E-state index in [1.54, 1.807) is 13.2 Å². The lowest BCUT2D eigenvalue weighted by Gasteiger charge is -2.17. The Balaban J connectivity index is 2.18. The van der Waals surface area contributed by atoms with Crippen molar-refractivity contribution in [3.05, 3.63) is 59.2 Å². The van der Waals surface area contributed by atoms with Crippen LogP contribution in [0.3, 0.4) is 0 Å². The highest BCUT2D eigenvalue weighted by atomic mass is 16.5. The second-order valence-corrected chi connectivity index (χ2v) is 5.07. The summed E-state index contributed by atoms with van der Waals surface area (Å²) in [6.07, 6.45) is 0. The number of rotatable bonds is 4. The molecule has 0 bridgehead atoms. The van der Waals surface area contributed by atoms with Crippen molar-refractivity contribution in [3.8, 4) is 5.75 Å². The van der Waals surface area contributed by atoms with Crippen LogP contribution in [0.25, 0.3) is 0 Å². The Kier molecular flexibility index (Phi) is 4.48. The van der Waals surface area contributed by atoms with Crippen molar-refractivity contribution in [2.45, 2.75) is 19.9 Å². The van der Waals surface area contributed by atoms with Crippen molar-refractivity contribution in [2.24, 2.45) is 0 Å². The average Bonchev–Trinajstić information content (AvgIpc) is 2.46. The van der Waals surface area contributed by atoms with Crippen molar-refractivity contribution in [1.29, 1.82) is 0 Å². The third-order valence-electron chi connectivity index (χ3n) is 3.31. The Labute approximate surface area is 124 Å². The number of amides is 1.